The summed E-state index contributed by atoms with van der Waals surface area (Å²) in [4.78, 5) is 0. The number of hydrogen-bond donors (Lipinski definition) is 1. The molecule has 0 saturated carbocycles. The number of anilines is 1. The standard InChI is InChI=1S/C21H19BrClNO/c1-15-3-2-4-20(11-15)24-13-17-12-19(23)9-10-21(17)25-14-16-5-7-18(22)8-6-16/h2-12,24H,13-14H2,1H3. The van der Waals surface area contributed by atoms with E-state index >= 15 is 0 Å². The van der Waals surface area contributed by atoms with Crippen LogP contribution in [0, 0.1) is 6.92 Å². The Morgan fingerprint density at radius 3 is 2.56 bits per heavy atom. The number of aryl methyl sites for hydroxylation is 1. The maximum Gasteiger partial charge on any atom is 0.124 e. The molecule has 0 bridgehead atoms. The van der Waals surface area contributed by atoms with Gasteiger partial charge in [-0.1, -0.05) is 51.8 Å². The van der Waals surface area contributed by atoms with E-state index in [1.54, 1.807) is 0 Å². The van der Waals surface area contributed by atoms with Gasteiger partial charge in [-0.05, 0) is 60.5 Å². The molecule has 0 aromatic heterocycles. The van der Waals surface area contributed by atoms with Gasteiger partial charge in [-0.3, -0.25) is 0 Å². The van der Waals surface area contributed by atoms with Crippen LogP contribution < -0.4 is 10.1 Å². The fourth-order valence-corrected chi connectivity index (χ4v) is 2.98. The van der Waals surface area contributed by atoms with Gasteiger partial charge in [0.25, 0.3) is 0 Å². The molecule has 4 heteroatoms. The van der Waals surface area contributed by atoms with E-state index in [1.807, 2.05) is 48.5 Å². The van der Waals surface area contributed by atoms with Crippen LogP contribution in [-0.2, 0) is 13.2 Å². The van der Waals surface area contributed by atoms with Gasteiger partial charge in [-0.25, -0.2) is 0 Å². The molecule has 128 valence electrons. The molecule has 0 aliphatic heterocycles. The van der Waals surface area contributed by atoms with Crippen molar-refractivity contribution < 1.29 is 4.74 Å². The minimum atomic E-state index is 0.520. The SMILES string of the molecule is Cc1cccc(NCc2cc(Cl)ccc2OCc2ccc(Br)cc2)c1. The van der Waals surface area contributed by atoms with Gasteiger partial charge in [0.05, 0.1) is 0 Å². The van der Waals surface area contributed by atoms with Gasteiger partial charge < -0.3 is 10.1 Å². The highest BCUT2D eigenvalue weighted by Gasteiger charge is 2.06. The summed E-state index contributed by atoms with van der Waals surface area (Å²) < 4.78 is 7.08. The van der Waals surface area contributed by atoms with Gasteiger partial charge in [0, 0.05) is 27.3 Å². The molecule has 3 rings (SSSR count). The lowest BCUT2D eigenvalue weighted by atomic mass is 10.1. The normalized spacial score (nSPS) is 10.5. The number of rotatable bonds is 6. The molecule has 0 saturated heterocycles. The predicted molar refractivity (Wildman–Crippen MR) is 108 cm³/mol. The number of ether oxygens (including phenoxy) is 1. The summed E-state index contributed by atoms with van der Waals surface area (Å²) in [6, 6.07) is 22.1. The molecule has 0 unspecified atom stereocenters. The first-order valence-corrected chi connectivity index (χ1v) is 9.23. The molecule has 0 amide bonds. The molecule has 0 heterocycles. The average Bonchev–Trinajstić information content (AvgIpc) is 2.60. The minimum Gasteiger partial charge on any atom is -0.489 e. The highest BCUT2D eigenvalue weighted by Crippen LogP contribution is 2.25. The van der Waals surface area contributed by atoms with Crippen LogP contribution >= 0.6 is 27.5 Å². The third-order valence-electron chi connectivity index (χ3n) is 3.83. The summed E-state index contributed by atoms with van der Waals surface area (Å²) in [7, 11) is 0. The summed E-state index contributed by atoms with van der Waals surface area (Å²) in [5.41, 5.74) is 4.46. The van der Waals surface area contributed by atoms with Crippen LogP contribution in [0.4, 0.5) is 5.69 Å². The Balaban J connectivity index is 1.70. The number of benzene rings is 3. The summed E-state index contributed by atoms with van der Waals surface area (Å²) >= 11 is 9.61. The molecule has 0 spiro atoms. The Morgan fingerprint density at radius 2 is 1.80 bits per heavy atom. The molecule has 25 heavy (non-hydrogen) atoms. The maximum absolute atomic E-state index is 6.17. The summed E-state index contributed by atoms with van der Waals surface area (Å²) in [5, 5.41) is 4.14. The topological polar surface area (TPSA) is 21.3 Å². The van der Waals surface area contributed by atoms with Gasteiger partial charge in [0.15, 0.2) is 0 Å². The van der Waals surface area contributed by atoms with Crippen molar-refractivity contribution in [2.45, 2.75) is 20.1 Å². The van der Waals surface area contributed by atoms with Gasteiger partial charge >= 0.3 is 0 Å². The van der Waals surface area contributed by atoms with E-state index in [2.05, 4.69) is 46.4 Å². The van der Waals surface area contributed by atoms with Crippen LogP contribution in [0.2, 0.25) is 5.02 Å². The van der Waals surface area contributed by atoms with Gasteiger partial charge in [-0.15, -0.1) is 0 Å². The van der Waals surface area contributed by atoms with Crippen LogP contribution in [-0.4, -0.2) is 0 Å². The first-order chi connectivity index (χ1) is 12.1. The smallest absolute Gasteiger partial charge is 0.124 e. The molecule has 2 nitrogen and oxygen atoms in total. The lowest BCUT2D eigenvalue weighted by Crippen LogP contribution is -2.04. The fourth-order valence-electron chi connectivity index (χ4n) is 2.52. The molecule has 0 aliphatic rings. The molecule has 1 N–H and O–H groups in total. The van der Waals surface area contributed by atoms with Crippen molar-refractivity contribution in [2.75, 3.05) is 5.32 Å². The predicted octanol–water partition coefficient (Wildman–Crippen LogP) is 6.60. The Bertz CT molecular complexity index is 849. The number of nitrogens with one attached hydrogen (secondary N) is 1. The minimum absolute atomic E-state index is 0.520. The van der Waals surface area contributed by atoms with Crippen molar-refractivity contribution in [3.05, 3.63) is 92.9 Å². The maximum atomic E-state index is 6.17. The first-order valence-electron chi connectivity index (χ1n) is 8.06. The molecule has 0 atom stereocenters. The van der Waals surface area contributed by atoms with Gasteiger partial charge in [0.1, 0.15) is 12.4 Å². The van der Waals surface area contributed by atoms with Crippen molar-refractivity contribution in [2.24, 2.45) is 0 Å². The lowest BCUT2D eigenvalue weighted by Gasteiger charge is -2.14. The summed E-state index contributed by atoms with van der Waals surface area (Å²) in [6.45, 7) is 3.25. The number of hydrogen-bond acceptors (Lipinski definition) is 2. The van der Waals surface area contributed by atoms with Gasteiger partial charge in [-0.2, -0.15) is 0 Å². The molecule has 3 aromatic rings. The van der Waals surface area contributed by atoms with Crippen LogP contribution in [0.25, 0.3) is 0 Å². The van der Waals surface area contributed by atoms with Crippen molar-refractivity contribution in [3.8, 4) is 5.75 Å². The van der Waals surface area contributed by atoms with E-state index in [-0.39, 0.29) is 0 Å². The third-order valence-corrected chi connectivity index (χ3v) is 4.59. The average molecular weight is 417 g/mol. The molecule has 0 radical (unpaired) electrons. The molecule has 3 aromatic carbocycles. The van der Waals surface area contributed by atoms with Crippen LogP contribution in [0.5, 0.6) is 5.75 Å². The van der Waals surface area contributed by atoms with Crippen molar-refractivity contribution in [1.82, 2.24) is 0 Å². The molecular weight excluding hydrogens is 398 g/mol. The summed E-state index contributed by atoms with van der Waals surface area (Å²) in [6.07, 6.45) is 0. The van der Waals surface area contributed by atoms with E-state index < -0.39 is 0 Å². The molecular formula is C21H19BrClNO. The van der Waals surface area contributed by atoms with Crippen molar-refractivity contribution in [1.29, 1.82) is 0 Å². The fraction of sp³-hybridized carbons (Fsp3) is 0.143. The van der Waals surface area contributed by atoms with E-state index in [1.165, 1.54) is 5.56 Å². The van der Waals surface area contributed by atoms with Gasteiger partial charge in [0.2, 0.25) is 0 Å². The Kier molecular flexibility index (Phi) is 6.00. The zero-order valence-corrected chi connectivity index (χ0v) is 16.3. The van der Waals surface area contributed by atoms with Crippen molar-refractivity contribution in [3.63, 3.8) is 0 Å². The van der Waals surface area contributed by atoms with Crippen LogP contribution in [0.1, 0.15) is 16.7 Å². The lowest BCUT2D eigenvalue weighted by molar-refractivity contribution is 0.303. The summed E-state index contributed by atoms with van der Waals surface area (Å²) in [5.74, 6) is 0.840. The Morgan fingerprint density at radius 1 is 1.00 bits per heavy atom. The number of halogens is 2. The van der Waals surface area contributed by atoms with Crippen LogP contribution in [0.3, 0.4) is 0 Å². The first kappa shape index (κ1) is 17.8. The largest absolute Gasteiger partial charge is 0.489 e. The Hall–Kier alpha value is -1.97. The third kappa shape index (κ3) is 5.25. The molecule has 0 fully saturated rings. The zero-order valence-electron chi connectivity index (χ0n) is 13.9. The zero-order chi connectivity index (χ0) is 17.6. The van der Waals surface area contributed by atoms with E-state index in [4.69, 9.17) is 16.3 Å². The highest BCUT2D eigenvalue weighted by atomic mass is 79.9. The highest BCUT2D eigenvalue weighted by molar-refractivity contribution is 9.10. The quantitative estimate of drug-likeness (QED) is 0.488. The monoisotopic (exact) mass is 415 g/mol. The second kappa shape index (κ2) is 8.41. The Labute approximate surface area is 161 Å². The van der Waals surface area contributed by atoms with Crippen molar-refractivity contribution >= 4 is 33.2 Å². The second-order valence-corrected chi connectivity index (χ2v) is 7.24. The van der Waals surface area contributed by atoms with E-state index in [9.17, 15) is 0 Å². The van der Waals surface area contributed by atoms with E-state index in [0.29, 0.717) is 18.2 Å². The van der Waals surface area contributed by atoms with Crippen LogP contribution in [0.15, 0.2) is 71.2 Å². The van der Waals surface area contributed by atoms with E-state index in [0.717, 1.165) is 27.0 Å². The second-order valence-electron chi connectivity index (χ2n) is 5.89. The molecule has 0 aliphatic carbocycles.